The molecular formula is C31H18N2O3. The molecule has 0 unspecified atom stereocenters. The fourth-order valence-electron chi connectivity index (χ4n) is 6.08. The van der Waals surface area contributed by atoms with Gasteiger partial charge in [-0.25, -0.2) is 4.90 Å². The van der Waals surface area contributed by atoms with Crippen LogP contribution in [0.15, 0.2) is 91.0 Å². The maximum atomic E-state index is 14.0. The number of carbonyl (C=O) groups is 2. The Labute approximate surface area is 205 Å². The summed E-state index contributed by atoms with van der Waals surface area (Å²) in [6.45, 7) is 0. The molecule has 8 rings (SSSR count). The summed E-state index contributed by atoms with van der Waals surface area (Å²) < 4.78 is 7.83. The molecule has 0 fully saturated rings. The lowest BCUT2D eigenvalue weighted by Crippen LogP contribution is -2.30. The van der Waals surface area contributed by atoms with Crippen LogP contribution in [-0.2, 0) is 0 Å². The van der Waals surface area contributed by atoms with Gasteiger partial charge in [-0.3, -0.25) is 9.59 Å². The summed E-state index contributed by atoms with van der Waals surface area (Å²) in [5, 5.41) is 5.95. The summed E-state index contributed by atoms with van der Waals surface area (Å²) in [6, 6.07) is 29.4. The Morgan fingerprint density at radius 1 is 0.556 bits per heavy atom. The molecule has 36 heavy (non-hydrogen) atoms. The van der Waals surface area contributed by atoms with Gasteiger partial charge in [-0.1, -0.05) is 66.7 Å². The van der Waals surface area contributed by atoms with Crippen molar-refractivity contribution in [2.24, 2.45) is 0 Å². The highest BCUT2D eigenvalue weighted by molar-refractivity contribution is 6.43. The van der Waals surface area contributed by atoms with Crippen molar-refractivity contribution in [1.29, 1.82) is 0 Å². The molecule has 170 valence electrons. The quantitative estimate of drug-likeness (QED) is 0.160. The number of fused-ring (bicyclic) bond motifs is 9. The molecular weight excluding hydrogens is 448 g/mol. The Morgan fingerprint density at radius 2 is 1.03 bits per heavy atom. The van der Waals surface area contributed by atoms with Crippen molar-refractivity contribution in [2.45, 2.75) is 0 Å². The Hall–Kier alpha value is -4.90. The predicted octanol–water partition coefficient (Wildman–Crippen LogP) is 6.80. The first-order valence-electron chi connectivity index (χ1n) is 11.8. The van der Waals surface area contributed by atoms with Gasteiger partial charge >= 0.3 is 0 Å². The van der Waals surface area contributed by atoms with E-state index in [-0.39, 0.29) is 11.8 Å². The van der Waals surface area contributed by atoms with Crippen LogP contribution in [0.5, 0.6) is 5.75 Å². The minimum atomic E-state index is -0.288. The number of benzene rings is 4. The van der Waals surface area contributed by atoms with Crippen LogP contribution >= 0.6 is 0 Å². The minimum Gasteiger partial charge on any atom is -0.497 e. The van der Waals surface area contributed by atoms with E-state index in [1.165, 1.54) is 4.90 Å². The lowest BCUT2D eigenvalue weighted by atomic mass is 9.98. The van der Waals surface area contributed by atoms with Gasteiger partial charge in [0.2, 0.25) is 0 Å². The molecule has 0 aliphatic carbocycles. The van der Waals surface area contributed by atoms with E-state index in [0.29, 0.717) is 16.8 Å². The van der Waals surface area contributed by atoms with E-state index >= 15 is 0 Å². The second kappa shape index (κ2) is 6.61. The van der Waals surface area contributed by atoms with Crippen molar-refractivity contribution in [1.82, 2.24) is 4.40 Å². The van der Waals surface area contributed by atoms with Gasteiger partial charge in [0.25, 0.3) is 11.8 Å². The molecule has 7 aromatic rings. The van der Waals surface area contributed by atoms with E-state index in [9.17, 15) is 9.59 Å². The van der Waals surface area contributed by atoms with Gasteiger partial charge in [0, 0.05) is 21.5 Å². The topological polar surface area (TPSA) is 51.0 Å². The average molecular weight is 466 g/mol. The lowest BCUT2D eigenvalue weighted by Gasteiger charge is -2.19. The molecule has 0 atom stereocenters. The van der Waals surface area contributed by atoms with E-state index in [2.05, 4.69) is 16.5 Å². The van der Waals surface area contributed by atoms with E-state index in [1.807, 2.05) is 66.7 Å². The van der Waals surface area contributed by atoms with Gasteiger partial charge in [0.1, 0.15) is 5.75 Å². The molecule has 5 heteroatoms. The van der Waals surface area contributed by atoms with Crippen molar-refractivity contribution in [2.75, 3.05) is 12.0 Å². The van der Waals surface area contributed by atoms with Crippen molar-refractivity contribution >= 4 is 66.4 Å². The maximum absolute atomic E-state index is 14.0. The normalized spacial score (nSPS) is 13.8. The number of anilines is 1. The fraction of sp³-hybridized carbons (Fsp3) is 0.0323. The molecule has 5 nitrogen and oxygen atoms in total. The molecule has 0 saturated heterocycles. The van der Waals surface area contributed by atoms with Crippen LogP contribution in [0, 0.1) is 0 Å². The van der Waals surface area contributed by atoms with E-state index < -0.39 is 0 Å². The molecule has 0 spiro atoms. The van der Waals surface area contributed by atoms with Gasteiger partial charge < -0.3 is 9.14 Å². The number of pyridine rings is 2. The van der Waals surface area contributed by atoms with E-state index in [1.54, 1.807) is 19.2 Å². The second-order valence-corrected chi connectivity index (χ2v) is 9.23. The largest absolute Gasteiger partial charge is 0.497 e. The third-order valence-electron chi connectivity index (χ3n) is 7.51. The highest BCUT2D eigenvalue weighted by Crippen LogP contribution is 2.47. The summed E-state index contributed by atoms with van der Waals surface area (Å²) in [6.07, 6.45) is 0. The standard InChI is InChI=1S/C31H18N2O3/c1-36-18-15-23-19-11-5-7-13-21(19)28-25-26(31(35)32(30(25)34)17-9-3-2-4-10-17)29-22-14-8-6-12-20(22)24(16-18)27(23)33(28)29/h2-16H,1H3. The van der Waals surface area contributed by atoms with Gasteiger partial charge in [-0.15, -0.1) is 0 Å². The monoisotopic (exact) mass is 466 g/mol. The average Bonchev–Trinajstić information content (AvgIpc) is 3.42. The number of rotatable bonds is 2. The molecule has 0 radical (unpaired) electrons. The summed E-state index contributed by atoms with van der Waals surface area (Å²) in [5.41, 5.74) is 4.06. The Morgan fingerprint density at radius 3 is 1.53 bits per heavy atom. The van der Waals surface area contributed by atoms with Crippen molar-refractivity contribution in [3.63, 3.8) is 0 Å². The summed E-state index contributed by atoms with van der Waals surface area (Å²) in [7, 11) is 1.68. The van der Waals surface area contributed by atoms with Crippen molar-refractivity contribution in [3.8, 4) is 5.75 Å². The third kappa shape index (κ3) is 2.16. The summed E-state index contributed by atoms with van der Waals surface area (Å²) in [4.78, 5) is 29.4. The van der Waals surface area contributed by atoms with Gasteiger partial charge in [0.05, 0.1) is 40.5 Å². The molecule has 0 saturated carbocycles. The third-order valence-corrected chi connectivity index (χ3v) is 7.51. The van der Waals surface area contributed by atoms with Crippen LogP contribution in [0.25, 0.3) is 48.9 Å². The molecule has 1 aliphatic heterocycles. The molecule has 3 aromatic heterocycles. The van der Waals surface area contributed by atoms with Gasteiger partial charge in [-0.2, -0.15) is 0 Å². The number of hydrogen-bond acceptors (Lipinski definition) is 3. The number of ether oxygens (including phenoxy) is 1. The number of nitrogens with zero attached hydrogens (tertiary/aromatic N) is 2. The van der Waals surface area contributed by atoms with Crippen molar-refractivity contribution in [3.05, 3.63) is 102 Å². The van der Waals surface area contributed by atoms with Crippen LogP contribution in [0.4, 0.5) is 5.69 Å². The SMILES string of the molecule is COc1cc2c3ccccc3c3c4c(c5c6ccccc6c(c1)c2n35)C(=O)N(c1ccccc1)C4=O. The molecule has 4 aromatic carbocycles. The second-order valence-electron chi connectivity index (χ2n) is 9.23. The van der Waals surface area contributed by atoms with Gasteiger partial charge in [-0.05, 0) is 35.0 Å². The number of amides is 2. The number of hydrogen-bond donors (Lipinski definition) is 0. The highest BCUT2D eigenvalue weighted by Gasteiger charge is 2.43. The maximum Gasteiger partial charge on any atom is 0.268 e. The molecule has 0 bridgehead atoms. The zero-order valence-electron chi connectivity index (χ0n) is 19.3. The van der Waals surface area contributed by atoms with Crippen molar-refractivity contribution < 1.29 is 14.3 Å². The summed E-state index contributed by atoms with van der Waals surface area (Å²) >= 11 is 0. The first-order chi connectivity index (χ1) is 17.7. The van der Waals surface area contributed by atoms with Crippen LogP contribution in [0.2, 0.25) is 0 Å². The molecule has 2 amide bonds. The first-order valence-corrected chi connectivity index (χ1v) is 11.8. The fourth-order valence-corrected chi connectivity index (χ4v) is 6.08. The van der Waals surface area contributed by atoms with Crippen LogP contribution < -0.4 is 9.64 Å². The Bertz CT molecular complexity index is 1950. The lowest BCUT2D eigenvalue weighted by molar-refractivity contribution is 0.0926. The Balaban J connectivity index is 1.68. The number of imide groups is 1. The molecule has 1 aliphatic rings. The molecule has 0 N–H and O–H groups in total. The van der Waals surface area contributed by atoms with Gasteiger partial charge in [0.15, 0.2) is 0 Å². The predicted molar refractivity (Wildman–Crippen MR) is 143 cm³/mol. The first kappa shape index (κ1) is 19.4. The molecule has 4 heterocycles. The smallest absolute Gasteiger partial charge is 0.268 e. The number of aromatic nitrogens is 1. The van der Waals surface area contributed by atoms with Crippen LogP contribution in [0.1, 0.15) is 20.7 Å². The summed E-state index contributed by atoms with van der Waals surface area (Å²) in [5.74, 6) is 0.190. The van der Waals surface area contributed by atoms with E-state index in [4.69, 9.17) is 4.74 Å². The van der Waals surface area contributed by atoms with E-state index in [0.717, 1.165) is 54.6 Å². The number of carbonyl (C=O) groups excluding carboxylic acids is 2. The zero-order valence-corrected chi connectivity index (χ0v) is 19.3. The number of para-hydroxylation sites is 1. The Kier molecular flexibility index (Phi) is 3.56. The van der Waals surface area contributed by atoms with Crippen LogP contribution in [-0.4, -0.2) is 23.3 Å². The zero-order chi connectivity index (χ0) is 24.1. The highest BCUT2D eigenvalue weighted by atomic mass is 16.5. The minimum absolute atomic E-state index is 0.288. The van der Waals surface area contributed by atoms with Crippen LogP contribution in [0.3, 0.4) is 0 Å². The number of methoxy groups -OCH3 is 1.